The van der Waals surface area contributed by atoms with Gasteiger partial charge in [-0.25, -0.2) is 0 Å². The van der Waals surface area contributed by atoms with E-state index in [1.54, 1.807) is 12.4 Å². The molecule has 1 aromatic carbocycles. The number of nitrogens with one attached hydrogen (secondary N) is 1. The number of carbonyl (C=O) groups is 1. The number of benzene rings is 1. The van der Waals surface area contributed by atoms with Crippen LogP contribution in [-0.2, 0) is 4.79 Å². The van der Waals surface area contributed by atoms with Crippen molar-refractivity contribution in [3.63, 3.8) is 0 Å². The smallest absolute Gasteiger partial charge is 0.234 e. The Morgan fingerprint density at radius 3 is 2.90 bits per heavy atom. The van der Waals surface area contributed by atoms with E-state index in [9.17, 15) is 4.79 Å². The predicted molar refractivity (Wildman–Crippen MR) is 83.9 cm³/mol. The fourth-order valence-electron chi connectivity index (χ4n) is 1.73. The lowest BCUT2D eigenvalue weighted by Crippen LogP contribution is -2.15. The number of thioether (sulfide) groups is 1. The third-order valence-corrected chi connectivity index (χ3v) is 3.93. The standard InChI is InChI=1S/C15H17N3OS/c1-10-3-4-11(2)13(7-10)18-15(19)9-20-14-5-6-17-8-12(14)16/h3-8H,9,16H2,1-2H3,(H,18,19). The number of carbonyl (C=O) groups excluding carboxylic acids is 1. The molecule has 104 valence electrons. The van der Waals surface area contributed by atoms with Crippen molar-refractivity contribution < 1.29 is 4.79 Å². The van der Waals surface area contributed by atoms with Gasteiger partial charge in [-0.1, -0.05) is 12.1 Å². The summed E-state index contributed by atoms with van der Waals surface area (Å²) in [6.07, 6.45) is 3.26. The first-order valence-corrected chi connectivity index (χ1v) is 7.24. The van der Waals surface area contributed by atoms with Gasteiger partial charge in [-0.2, -0.15) is 0 Å². The number of hydrogen-bond donors (Lipinski definition) is 2. The maximum Gasteiger partial charge on any atom is 0.234 e. The number of aromatic nitrogens is 1. The first-order chi connectivity index (χ1) is 9.56. The molecule has 2 rings (SSSR count). The van der Waals surface area contributed by atoms with Crippen LogP contribution in [0.5, 0.6) is 0 Å². The zero-order valence-corrected chi connectivity index (χ0v) is 12.3. The zero-order chi connectivity index (χ0) is 14.5. The molecule has 0 aliphatic carbocycles. The number of nitrogens with two attached hydrogens (primary N) is 1. The number of aryl methyl sites for hydroxylation is 2. The van der Waals surface area contributed by atoms with Crippen LogP contribution in [0.4, 0.5) is 11.4 Å². The molecule has 4 nitrogen and oxygen atoms in total. The normalized spacial score (nSPS) is 10.3. The van der Waals surface area contributed by atoms with E-state index in [1.807, 2.05) is 38.1 Å². The number of anilines is 2. The molecule has 0 fully saturated rings. The van der Waals surface area contributed by atoms with E-state index >= 15 is 0 Å². The Balaban J connectivity index is 1.96. The molecule has 0 atom stereocenters. The molecule has 5 heteroatoms. The van der Waals surface area contributed by atoms with Crippen molar-refractivity contribution in [2.24, 2.45) is 0 Å². The van der Waals surface area contributed by atoms with Crippen molar-refractivity contribution in [3.05, 3.63) is 47.8 Å². The molecule has 3 N–H and O–H groups in total. The summed E-state index contributed by atoms with van der Waals surface area (Å²) in [4.78, 5) is 16.8. The van der Waals surface area contributed by atoms with E-state index in [2.05, 4.69) is 10.3 Å². The lowest BCUT2D eigenvalue weighted by Gasteiger charge is -2.09. The fraction of sp³-hybridized carbons (Fsp3) is 0.200. The van der Waals surface area contributed by atoms with Crippen molar-refractivity contribution in [1.29, 1.82) is 0 Å². The molecule has 1 aromatic heterocycles. The summed E-state index contributed by atoms with van der Waals surface area (Å²) in [5, 5.41) is 2.92. The monoisotopic (exact) mass is 287 g/mol. The summed E-state index contributed by atoms with van der Waals surface area (Å²) in [5.41, 5.74) is 9.42. The Labute approximate surface area is 122 Å². The lowest BCUT2D eigenvalue weighted by atomic mass is 10.1. The van der Waals surface area contributed by atoms with Gasteiger partial charge in [0.25, 0.3) is 0 Å². The van der Waals surface area contributed by atoms with Gasteiger partial charge in [0.1, 0.15) is 0 Å². The van der Waals surface area contributed by atoms with Crippen molar-refractivity contribution in [2.45, 2.75) is 18.7 Å². The number of nitrogen functional groups attached to an aromatic ring is 1. The van der Waals surface area contributed by atoms with E-state index in [-0.39, 0.29) is 5.91 Å². The highest BCUT2D eigenvalue weighted by molar-refractivity contribution is 8.00. The van der Waals surface area contributed by atoms with Gasteiger partial charge in [-0.3, -0.25) is 9.78 Å². The summed E-state index contributed by atoms with van der Waals surface area (Å²) in [7, 11) is 0. The largest absolute Gasteiger partial charge is 0.397 e. The highest BCUT2D eigenvalue weighted by Crippen LogP contribution is 2.24. The van der Waals surface area contributed by atoms with Gasteiger partial charge in [0.15, 0.2) is 0 Å². The summed E-state index contributed by atoms with van der Waals surface area (Å²) in [6.45, 7) is 3.98. The van der Waals surface area contributed by atoms with Crippen LogP contribution >= 0.6 is 11.8 Å². The average Bonchev–Trinajstić information content (AvgIpc) is 2.42. The second-order valence-electron chi connectivity index (χ2n) is 4.57. The molecular formula is C15H17N3OS. The van der Waals surface area contributed by atoms with Crippen LogP contribution in [0.15, 0.2) is 41.6 Å². The molecule has 0 saturated heterocycles. The summed E-state index contributed by atoms with van der Waals surface area (Å²) >= 11 is 1.41. The van der Waals surface area contributed by atoms with Crippen molar-refractivity contribution in [2.75, 3.05) is 16.8 Å². The van der Waals surface area contributed by atoms with Crippen LogP contribution < -0.4 is 11.1 Å². The van der Waals surface area contributed by atoms with E-state index in [4.69, 9.17) is 5.73 Å². The molecule has 0 bridgehead atoms. The maximum absolute atomic E-state index is 12.0. The summed E-state index contributed by atoms with van der Waals surface area (Å²) in [6, 6.07) is 7.81. The maximum atomic E-state index is 12.0. The molecular weight excluding hydrogens is 270 g/mol. The van der Waals surface area contributed by atoms with E-state index < -0.39 is 0 Å². The molecule has 0 aliphatic heterocycles. The molecule has 0 saturated carbocycles. The molecule has 2 aromatic rings. The van der Waals surface area contributed by atoms with E-state index in [1.165, 1.54) is 11.8 Å². The summed E-state index contributed by atoms with van der Waals surface area (Å²) in [5.74, 6) is 0.279. The molecule has 1 heterocycles. The average molecular weight is 287 g/mol. The zero-order valence-electron chi connectivity index (χ0n) is 11.5. The number of pyridine rings is 1. The molecule has 0 aliphatic rings. The van der Waals surface area contributed by atoms with Crippen molar-refractivity contribution in [3.8, 4) is 0 Å². The first kappa shape index (κ1) is 14.4. The quantitative estimate of drug-likeness (QED) is 0.848. The van der Waals surface area contributed by atoms with Crippen molar-refractivity contribution in [1.82, 2.24) is 4.98 Å². The molecule has 0 unspecified atom stereocenters. The van der Waals surface area contributed by atoms with Crippen LogP contribution in [0.3, 0.4) is 0 Å². The number of hydrogen-bond acceptors (Lipinski definition) is 4. The van der Waals surface area contributed by atoms with Crippen LogP contribution in [0.25, 0.3) is 0 Å². The van der Waals surface area contributed by atoms with Gasteiger partial charge in [0.2, 0.25) is 5.91 Å². The molecule has 20 heavy (non-hydrogen) atoms. The molecule has 0 spiro atoms. The molecule has 0 radical (unpaired) electrons. The van der Waals surface area contributed by atoms with E-state index in [0.29, 0.717) is 11.4 Å². The lowest BCUT2D eigenvalue weighted by molar-refractivity contribution is -0.113. The third-order valence-electron chi connectivity index (χ3n) is 2.84. The Morgan fingerprint density at radius 2 is 2.15 bits per heavy atom. The van der Waals surface area contributed by atoms with Gasteiger partial charge in [-0.15, -0.1) is 11.8 Å². The minimum Gasteiger partial charge on any atom is -0.397 e. The minimum atomic E-state index is -0.0417. The summed E-state index contributed by atoms with van der Waals surface area (Å²) < 4.78 is 0. The van der Waals surface area contributed by atoms with Crippen LogP contribution in [-0.4, -0.2) is 16.6 Å². The van der Waals surface area contributed by atoms with Crippen LogP contribution in [0, 0.1) is 13.8 Å². The van der Waals surface area contributed by atoms with Crippen LogP contribution in [0.1, 0.15) is 11.1 Å². The second kappa shape index (κ2) is 6.43. The highest BCUT2D eigenvalue weighted by Gasteiger charge is 2.07. The van der Waals surface area contributed by atoms with Crippen molar-refractivity contribution >= 4 is 29.0 Å². The first-order valence-electron chi connectivity index (χ1n) is 6.25. The van der Waals surface area contributed by atoms with Gasteiger partial charge < -0.3 is 11.1 Å². The number of amides is 1. The van der Waals surface area contributed by atoms with Gasteiger partial charge in [0.05, 0.1) is 17.6 Å². The fourth-order valence-corrected chi connectivity index (χ4v) is 2.46. The van der Waals surface area contributed by atoms with Crippen LogP contribution in [0.2, 0.25) is 0 Å². The predicted octanol–water partition coefficient (Wildman–Crippen LogP) is 3.01. The number of rotatable bonds is 4. The van der Waals surface area contributed by atoms with E-state index in [0.717, 1.165) is 21.7 Å². The topological polar surface area (TPSA) is 68.0 Å². The van der Waals surface area contributed by atoms with Gasteiger partial charge in [0, 0.05) is 16.8 Å². The van der Waals surface area contributed by atoms with Gasteiger partial charge in [-0.05, 0) is 37.1 Å². The van der Waals surface area contributed by atoms with Gasteiger partial charge >= 0.3 is 0 Å². The Bertz CT molecular complexity index is 628. The minimum absolute atomic E-state index is 0.0417. The number of nitrogens with zero attached hydrogens (tertiary/aromatic N) is 1. The second-order valence-corrected chi connectivity index (χ2v) is 5.59. The Hall–Kier alpha value is -2.01. The Morgan fingerprint density at radius 1 is 1.35 bits per heavy atom. The Kier molecular flexibility index (Phi) is 4.63. The third kappa shape index (κ3) is 3.74. The SMILES string of the molecule is Cc1ccc(C)c(NC(=O)CSc2ccncc2N)c1. The molecule has 1 amide bonds. The highest BCUT2D eigenvalue weighted by atomic mass is 32.2.